The van der Waals surface area contributed by atoms with Gasteiger partial charge in [-0.3, -0.25) is 10.1 Å². The molecule has 0 unspecified atom stereocenters. The van der Waals surface area contributed by atoms with Gasteiger partial charge >= 0.3 is 11.7 Å². The second-order valence-electron chi connectivity index (χ2n) is 5.09. The number of hydrogen-bond acceptors (Lipinski definition) is 8. The van der Waals surface area contributed by atoms with Gasteiger partial charge in [0.15, 0.2) is 12.4 Å². The van der Waals surface area contributed by atoms with E-state index in [1.165, 1.54) is 19.2 Å². The summed E-state index contributed by atoms with van der Waals surface area (Å²) in [5.74, 6) is -0.289. The Morgan fingerprint density at radius 2 is 1.96 bits per heavy atom. The first-order valence-electron chi connectivity index (χ1n) is 7.46. The van der Waals surface area contributed by atoms with Crippen LogP contribution in [-0.4, -0.2) is 28.2 Å². The molecule has 132 valence electrons. The SMILES string of the molecule is COc1ccc(C(=O)OCc2nnc(-c3ccccc3)o2)cc1[N+](=O)[O-]. The molecule has 3 rings (SSSR count). The van der Waals surface area contributed by atoms with Gasteiger partial charge in [0.1, 0.15) is 0 Å². The number of carbonyl (C=O) groups excluding carboxylic acids is 1. The van der Waals surface area contributed by atoms with Crippen molar-refractivity contribution in [2.45, 2.75) is 6.61 Å². The third-order valence-corrected chi connectivity index (χ3v) is 3.43. The van der Waals surface area contributed by atoms with Crippen LogP contribution in [0.1, 0.15) is 16.2 Å². The van der Waals surface area contributed by atoms with Crippen LogP contribution in [0.25, 0.3) is 11.5 Å². The summed E-state index contributed by atoms with van der Waals surface area (Å²) in [6.45, 7) is -0.251. The molecule has 9 nitrogen and oxygen atoms in total. The van der Waals surface area contributed by atoms with E-state index in [0.717, 1.165) is 11.6 Å². The van der Waals surface area contributed by atoms with Gasteiger partial charge in [-0.2, -0.15) is 0 Å². The Bertz CT molecular complexity index is 939. The van der Waals surface area contributed by atoms with Crippen LogP contribution < -0.4 is 4.74 Å². The molecule has 0 aliphatic carbocycles. The average molecular weight is 355 g/mol. The lowest BCUT2D eigenvalue weighted by atomic mass is 10.2. The highest BCUT2D eigenvalue weighted by atomic mass is 16.6. The van der Waals surface area contributed by atoms with Gasteiger partial charge in [-0.15, -0.1) is 10.2 Å². The molecule has 0 aliphatic rings. The molecule has 0 radical (unpaired) electrons. The Morgan fingerprint density at radius 3 is 2.65 bits per heavy atom. The maximum Gasteiger partial charge on any atom is 0.338 e. The van der Waals surface area contributed by atoms with Crippen LogP contribution in [-0.2, 0) is 11.3 Å². The quantitative estimate of drug-likeness (QED) is 0.376. The van der Waals surface area contributed by atoms with Gasteiger partial charge in [-0.1, -0.05) is 18.2 Å². The van der Waals surface area contributed by atoms with E-state index in [1.54, 1.807) is 12.1 Å². The second kappa shape index (κ2) is 7.43. The zero-order chi connectivity index (χ0) is 18.5. The number of carbonyl (C=O) groups is 1. The summed E-state index contributed by atoms with van der Waals surface area (Å²) >= 11 is 0. The van der Waals surface area contributed by atoms with Crippen molar-refractivity contribution in [2.24, 2.45) is 0 Å². The molecule has 0 N–H and O–H groups in total. The summed E-state index contributed by atoms with van der Waals surface area (Å²) in [6, 6.07) is 12.9. The van der Waals surface area contributed by atoms with Crippen LogP contribution in [0.15, 0.2) is 52.9 Å². The van der Waals surface area contributed by atoms with E-state index in [2.05, 4.69) is 10.2 Å². The highest BCUT2D eigenvalue weighted by Crippen LogP contribution is 2.28. The van der Waals surface area contributed by atoms with Crippen LogP contribution in [0.4, 0.5) is 5.69 Å². The fraction of sp³-hybridized carbons (Fsp3) is 0.118. The minimum atomic E-state index is -0.754. The molecule has 0 spiro atoms. The van der Waals surface area contributed by atoms with E-state index in [4.69, 9.17) is 13.9 Å². The smallest absolute Gasteiger partial charge is 0.338 e. The van der Waals surface area contributed by atoms with E-state index in [-0.39, 0.29) is 29.5 Å². The molecule has 1 aromatic heterocycles. The molecule has 0 bridgehead atoms. The number of methoxy groups -OCH3 is 1. The van der Waals surface area contributed by atoms with Crippen LogP contribution in [0.2, 0.25) is 0 Å². The predicted octanol–water partition coefficient (Wildman–Crippen LogP) is 3.01. The second-order valence-corrected chi connectivity index (χ2v) is 5.09. The van der Waals surface area contributed by atoms with Gasteiger partial charge in [-0.25, -0.2) is 4.79 Å². The molecule has 0 amide bonds. The first-order valence-corrected chi connectivity index (χ1v) is 7.46. The molecule has 26 heavy (non-hydrogen) atoms. The minimum absolute atomic E-state index is 0.0142. The third-order valence-electron chi connectivity index (χ3n) is 3.43. The summed E-state index contributed by atoms with van der Waals surface area (Å²) in [5.41, 5.74) is 0.426. The number of nitrogens with zero attached hydrogens (tertiary/aromatic N) is 3. The Morgan fingerprint density at radius 1 is 1.19 bits per heavy atom. The number of nitro benzene ring substituents is 1. The topological polar surface area (TPSA) is 118 Å². The molecule has 0 fully saturated rings. The number of benzene rings is 2. The maximum absolute atomic E-state index is 12.1. The first-order chi connectivity index (χ1) is 12.6. The highest BCUT2D eigenvalue weighted by molar-refractivity contribution is 5.90. The summed E-state index contributed by atoms with van der Waals surface area (Å²) in [7, 11) is 1.31. The van der Waals surface area contributed by atoms with Crippen molar-refractivity contribution in [1.82, 2.24) is 10.2 Å². The Kier molecular flexibility index (Phi) is 4.88. The zero-order valence-electron chi connectivity index (χ0n) is 13.6. The summed E-state index contributed by atoms with van der Waals surface area (Å²) in [5, 5.41) is 18.7. The Balaban J connectivity index is 1.69. The highest BCUT2D eigenvalue weighted by Gasteiger charge is 2.19. The number of aromatic nitrogens is 2. The van der Waals surface area contributed by atoms with E-state index in [0.29, 0.717) is 5.89 Å². The van der Waals surface area contributed by atoms with Crippen molar-refractivity contribution < 1.29 is 23.6 Å². The Hall–Kier alpha value is -3.75. The molecule has 3 aromatic rings. The lowest BCUT2D eigenvalue weighted by Crippen LogP contribution is -2.06. The van der Waals surface area contributed by atoms with Crippen molar-refractivity contribution in [3.8, 4) is 17.2 Å². The van der Waals surface area contributed by atoms with Crippen LogP contribution in [0.5, 0.6) is 5.75 Å². The fourth-order valence-electron chi connectivity index (χ4n) is 2.18. The van der Waals surface area contributed by atoms with Crippen LogP contribution >= 0.6 is 0 Å². The lowest BCUT2D eigenvalue weighted by Gasteiger charge is -2.05. The molecule has 1 heterocycles. The van der Waals surface area contributed by atoms with Crippen molar-refractivity contribution in [2.75, 3.05) is 7.11 Å². The van der Waals surface area contributed by atoms with E-state index in [1.807, 2.05) is 18.2 Å². The number of ether oxygens (including phenoxy) is 2. The zero-order valence-corrected chi connectivity index (χ0v) is 13.6. The van der Waals surface area contributed by atoms with Gasteiger partial charge in [0.25, 0.3) is 5.89 Å². The van der Waals surface area contributed by atoms with Gasteiger partial charge in [0.05, 0.1) is 17.6 Å². The standard InChI is InChI=1S/C17H13N3O6/c1-24-14-8-7-12(9-13(14)20(22)23)17(21)25-10-15-18-19-16(26-15)11-5-3-2-4-6-11/h2-9H,10H2,1H3. The summed E-state index contributed by atoms with van der Waals surface area (Å²) in [4.78, 5) is 22.5. The van der Waals surface area contributed by atoms with Gasteiger partial charge in [0, 0.05) is 11.6 Å². The van der Waals surface area contributed by atoms with E-state index in [9.17, 15) is 14.9 Å². The lowest BCUT2D eigenvalue weighted by molar-refractivity contribution is -0.385. The number of rotatable bonds is 6. The molecule has 0 saturated carbocycles. The summed E-state index contributed by atoms with van der Waals surface area (Å²) in [6.07, 6.45) is 0. The molecular formula is C17H13N3O6. The fourth-order valence-corrected chi connectivity index (χ4v) is 2.18. The van der Waals surface area contributed by atoms with Crippen molar-refractivity contribution in [3.63, 3.8) is 0 Å². The van der Waals surface area contributed by atoms with Crippen molar-refractivity contribution >= 4 is 11.7 Å². The molecule has 2 aromatic carbocycles. The number of esters is 1. The predicted molar refractivity (Wildman–Crippen MR) is 88.5 cm³/mol. The Labute approximate surface area is 147 Å². The van der Waals surface area contributed by atoms with Crippen molar-refractivity contribution in [1.29, 1.82) is 0 Å². The largest absolute Gasteiger partial charge is 0.490 e. The van der Waals surface area contributed by atoms with Gasteiger partial charge < -0.3 is 13.9 Å². The molecule has 0 saturated heterocycles. The molecule has 0 atom stereocenters. The number of nitro groups is 1. The van der Waals surface area contributed by atoms with E-state index < -0.39 is 10.9 Å². The monoisotopic (exact) mass is 355 g/mol. The van der Waals surface area contributed by atoms with Gasteiger partial charge in [-0.05, 0) is 24.3 Å². The maximum atomic E-state index is 12.1. The molecule has 9 heteroatoms. The number of hydrogen-bond donors (Lipinski definition) is 0. The third kappa shape index (κ3) is 3.66. The van der Waals surface area contributed by atoms with Gasteiger partial charge in [0.2, 0.25) is 5.89 Å². The van der Waals surface area contributed by atoms with Crippen LogP contribution in [0.3, 0.4) is 0 Å². The molecule has 0 aliphatic heterocycles. The minimum Gasteiger partial charge on any atom is -0.490 e. The van der Waals surface area contributed by atoms with E-state index >= 15 is 0 Å². The van der Waals surface area contributed by atoms with Crippen molar-refractivity contribution in [3.05, 3.63) is 70.1 Å². The normalized spacial score (nSPS) is 10.3. The van der Waals surface area contributed by atoms with Crippen LogP contribution in [0, 0.1) is 10.1 Å². The average Bonchev–Trinajstić information content (AvgIpc) is 3.15. The molecular weight excluding hydrogens is 342 g/mol. The first kappa shape index (κ1) is 17.1. The summed E-state index contributed by atoms with van der Waals surface area (Å²) < 4.78 is 15.4.